The molecule has 0 heterocycles. The molecule has 0 amide bonds. The number of carbonyl (C=O) groups excluding carboxylic acids is 1. The maximum Gasteiger partial charge on any atom is 0.231 e. The van der Waals surface area contributed by atoms with E-state index in [1.54, 1.807) is 6.08 Å². The second-order valence-corrected chi connectivity index (χ2v) is 5.67. The van der Waals surface area contributed by atoms with Crippen LogP contribution in [0.3, 0.4) is 0 Å². The predicted octanol–water partition coefficient (Wildman–Crippen LogP) is 5.25. The number of nitro groups is 1. The Morgan fingerprint density at radius 1 is 0.955 bits per heavy atom. The summed E-state index contributed by atoms with van der Waals surface area (Å²) in [5.41, 5.74) is 0. The zero-order chi connectivity index (χ0) is 16.5. The number of aldehydes is 1. The van der Waals surface area contributed by atoms with Crippen LogP contribution in [-0.4, -0.2) is 17.3 Å². The van der Waals surface area contributed by atoms with Crippen molar-refractivity contribution < 1.29 is 9.72 Å². The zero-order valence-corrected chi connectivity index (χ0v) is 13.9. The Balaban J connectivity index is 3.70. The summed E-state index contributed by atoms with van der Waals surface area (Å²) >= 11 is 0. The highest BCUT2D eigenvalue weighted by Crippen LogP contribution is 2.09. The lowest BCUT2D eigenvalue weighted by molar-refractivity contribution is -0.510. The number of hydrogen-bond donors (Lipinski definition) is 0. The molecule has 4 nitrogen and oxygen atoms in total. The Bertz CT molecular complexity index is 337. The number of nitrogens with zero attached hydrogens (tertiary/aromatic N) is 1. The van der Waals surface area contributed by atoms with E-state index >= 15 is 0 Å². The summed E-state index contributed by atoms with van der Waals surface area (Å²) in [5.74, 6) is 0. The van der Waals surface area contributed by atoms with Gasteiger partial charge in [-0.3, -0.25) is 10.1 Å². The van der Waals surface area contributed by atoms with Gasteiger partial charge in [0, 0.05) is 17.8 Å². The van der Waals surface area contributed by atoms with Gasteiger partial charge in [0.05, 0.1) is 0 Å². The minimum Gasteiger partial charge on any atom is -0.303 e. The Morgan fingerprint density at radius 3 is 2.27 bits per heavy atom. The van der Waals surface area contributed by atoms with Crippen molar-refractivity contribution in [2.45, 2.75) is 83.6 Å². The van der Waals surface area contributed by atoms with Crippen LogP contribution in [0, 0.1) is 10.1 Å². The van der Waals surface area contributed by atoms with Gasteiger partial charge in [-0.05, 0) is 31.8 Å². The molecular weight excluding hydrogens is 278 g/mol. The molecule has 0 aromatic carbocycles. The maximum absolute atomic E-state index is 10.9. The van der Waals surface area contributed by atoms with Gasteiger partial charge in [0.25, 0.3) is 0 Å². The molecule has 0 N–H and O–H groups in total. The molecule has 0 aromatic heterocycles. The minimum atomic E-state index is -0.547. The normalized spacial score (nSPS) is 13.0. The number of allylic oxidation sites excluding steroid dienone is 3. The Kier molecular flexibility index (Phi) is 14.9. The fraction of sp³-hybridized carbons (Fsp3) is 0.722. The molecule has 126 valence electrons. The first kappa shape index (κ1) is 20.6. The van der Waals surface area contributed by atoms with Crippen molar-refractivity contribution in [2.24, 2.45) is 0 Å². The fourth-order valence-corrected chi connectivity index (χ4v) is 2.26. The fourth-order valence-electron chi connectivity index (χ4n) is 2.26. The van der Waals surface area contributed by atoms with E-state index < -0.39 is 6.04 Å². The molecule has 1 unspecified atom stereocenters. The van der Waals surface area contributed by atoms with Crippen LogP contribution in [0.2, 0.25) is 0 Å². The first-order valence-corrected chi connectivity index (χ1v) is 8.62. The molecule has 0 rings (SSSR count). The third kappa shape index (κ3) is 13.5. The van der Waals surface area contributed by atoms with E-state index in [0.717, 1.165) is 51.2 Å². The van der Waals surface area contributed by atoms with Gasteiger partial charge in [0.15, 0.2) is 0 Å². The highest BCUT2D eigenvalue weighted by atomic mass is 16.6. The monoisotopic (exact) mass is 309 g/mol. The standard InChI is InChI=1S/C18H31NO3/c1-2-3-12-15-18(19(21)22)16-13-10-8-6-4-5-7-9-11-14-17-20/h8,10,13,16-18H,2-7,9,11-12,14-15H2,1H3/b10-8-,16-13+. The molecule has 0 bridgehead atoms. The zero-order valence-electron chi connectivity index (χ0n) is 13.9. The molecule has 1 atom stereocenters. The summed E-state index contributed by atoms with van der Waals surface area (Å²) in [5, 5.41) is 10.9. The van der Waals surface area contributed by atoms with Gasteiger partial charge in [-0.2, -0.15) is 0 Å². The van der Waals surface area contributed by atoms with Gasteiger partial charge >= 0.3 is 0 Å². The van der Waals surface area contributed by atoms with Crippen molar-refractivity contribution in [3.05, 3.63) is 34.4 Å². The smallest absolute Gasteiger partial charge is 0.231 e. The second-order valence-electron chi connectivity index (χ2n) is 5.67. The Hall–Kier alpha value is -1.45. The lowest BCUT2D eigenvalue weighted by Crippen LogP contribution is -2.16. The SMILES string of the molecule is CCCCCC(/C=C/C=C\CCCCCCCC=O)[N+](=O)[O-]. The molecule has 4 heteroatoms. The third-order valence-corrected chi connectivity index (χ3v) is 3.65. The number of carbonyl (C=O) groups is 1. The second kappa shape index (κ2) is 15.9. The van der Waals surface area contributed by atoms with E-state index in [2.05, 4.69) is 13.0 Å². The van der Waals surface area contributed by atoms with Crippen LogP contribution in [0.25, 0.3) is 0 Å². The molecule has 0 fully saturated rings. The number of unbranched alkanes of at least 4 members (excludes halogenated alkanes) is 8. The first-order chi connectivity index (χ1) is 10.7. The summed E-state index contributed by atoms with van der Waals surface area (Å²) < 4.78 is 0. The first-order valence-electron chi connectivity index (χ1n) is 8.62. The van der Waals surface area contributed by atoms with Crippen molar-refractivity contribution >= 4 is 6.29 Å². The molecule has 0 aliphatic heterocycles. The van der Waals surface area contributed by atoms with Gasteiger partial charge in [-0.1, -0.05) is 57.3 Å². The van der Waals surface area contributed by atoms with E-state index in [0.29, 0.717) is 12.8 Å². The van der Waals surface area contributed by atoms with Crippen molar-refractivity contribution in [2.75, 3.05) is 0 Å². The lowest BCUT2D eigenvalue weighted by Gasteiger charge is -2.03. The van der Waals surface area contributed by atoms with Crippen LogP contribution in [0.1, 0.15) is 77.6 Å². The average molecular weight is 309 g/mol. The van der Waals surface area contributed by atoms with E-state index in [4.69, 9.17) is 0 Å². The van der Waals surface area contributed by atoms with Crippen LogP contribution >= 0.6 is 0 Å². The van der Waals surface area contributed by atoms with Crippen LogP contribution in [0.5, 0.6) is 0 Å². The van der Waals surface area contributed by atoms with Gasteiger partial charge < -0.3 is 4.79 Å². The van der Waals surface area contributed by atoms with Gasteiger partial charge in [-0.15, -0.1) is 0 Å². The summed E-state index contributed by atoms with van der Waals surface area (Å²) in [6.45, 7) is 2.10. The quantitative estimate of drug-likeness (QED) is 0.136. The molecule has 0 aromatic rings. The largest absolute Gasteiger partial charge is 0.303 e. The Morgan fingerprint density at radius 2 is 1.64 bits per heavy atom. The molecule has 0 aliphatic rings. The molecule has 0 aliphatic carbocycles. The van der Waals surface area contributed by atoms with E-state index in [1.165, 1.54) is 12.8 Å². The molecule has 22 heavy (non-hydrogen) atoms. The van der Waals surface area contributed by atoms with Crippen molar-refractivity contribution in [3.8, 4) is 0 Å². The van der Waals surface area contributed by atoms with Crippen LogP contribution in [0.15, 0.2) is 24.3 Å². The van der Waals surface area contributed by atoms with E-state index in [1.807, 2.05) is 12.2 Å². The van der Waals surface area contributed by atoms with Crippen LogP contribution in [-0.2, 0) is 4.79 Å². The molecule has 0 spiro atoms. The minimum absolute atomic E-state index is 0.195. The summed E-state index contributed by atoms with van der Waals surface area (Å²) in [6, 6.07) is -0.547. The molecular formula is C18H31NO3. The lowest BCUT2D eigenvalue weighted by atomic mass is 10.1. The summed E-state index contributed by atoms with van der Waals surface area (Å²) in [7, 11) is 0. The molecule has 0 saturated heterocycles. The van der Waals surface area contributed by atoms with Gasteiger partial charge in [-0.25, -0.2) is 0 Å². The van der Waals surface area contributed by atoms with Crippen molar-refractivity contribution in [1.82, 2.24) is 0 Å². The highest BCUT2D eigenvalue weighted by Gasteiger charge is 2.14. The van der Waals surface area contributed by atoms with E-state index in [-0.39, 0.29) is 4.92 Å². The third-order valence-electron chi connectivity index (χ3n) is 3.65. The topological polar surface area (TPSA) is 60.2 Å². The molecule has 0 radical (unpaired) electrons. The summed E-state index contributed by atoms with van der Waals surface area (Å²) in [4.78, 5) is 20.9. The molecule has 0 saturated carbocycles. The number of hydrogen-bond acceptors (Lipinski definition) is 3. The average Bonchev–Trinajstić information content (AvgIpc) is 2.50. The van der Waals surface area contributed by atoms with Crippen LogP contribution < -0.4 is 0 Å². The van der Waals surface area contributed by atoms with Crippen LogP contribution in [0.4, 0.5) is 0 Å². The number of rotatable bonds is 15. The van der Waals surface area contributed by atoms with Crippen molar-refractivity contribution in [1.29, 1.82) is 0 Å². The van der Waals surface area contributed by atoms with Crippen molar-refractivity contribution in [3.63, 3.8) is 0 Å². The highest BCUT2D eigenvalue weighted by molar-refractivity contribution is 5.48. The Labute approximate surface area is 134 Å². The van der Waals surface area contributed by atoms with Gasteiger partial charge in [0.2, 0.25) is 6.04 Å². The summed E-state index contributed by atoms with van der Waals surface area (Å²) in [6.07, 6.45) is 19.5. The van der Waals surface area contributed by atoms with Gasteiger partial charge in [0.1, 0.15) is 6.29 Å². The maximum atomic E-state index is 10.9. The predicted molar refractivity (Wildman–Crippen MR) is 91.6 cm³/mol. The van der Waals surface area contributed by atoms with E-state index in [9.17, 15) is 14.9 Å².